The summed E-state index contributed by atoms with van der Waals surface area (Å²) in [6, 6.07) is 70.6. The summed E-state index contributed by atoms with van der Waals surface area (Å²) >= 11 is 1.80. The first kappa shape index (κ1) is 32.6. The Hall–Kier alpha value is -7.01. The molecule has 2 aromatic heterocycles. The second-order valence-corrected chi connectivity index (χ2v) is 14.8. The molecule has 10 aromatic rings. The third-order valence-corrected chi connectivity index (χ3v) is 11.3. The predicted octanol–water partition coefficient (Wildman–Crippen LogP) is 13.9. The maximum Gasteiger partial charge on any atom is 0.164 e. The van der Waals surface area contributed by atoms with E-state index in [4.69, 9.17) is 15.0 Å². The minimum absolute atomic E-state index is 0.632. The summed E-state index contributed by atoms with van der Waals surface area (Å²) in [6.45, 7) is 0. The molecule has 0 aliphatic carbocycles. The molecule has 0 unspecified atom stereocenters. The fraction of sp³-hybridized carbons (Fsp3) is 0. The van der Waals surface area contributed by atoms with Gasteiger partial charge in [-0.1, -0.05) is 164 Å². The van der Waals surface area contributed by atoms with Crippen LogP contribution in [0, 0.1) is 0 Å². The van der Waals surface area contributed by atoms with Crippen LogP contribution in [0.3, 0.4) is 0 Å². The van der Waals surface area contributed by atoms with Gasteiger partial charge in [-0.2, -0.15) is 0 Å². The Labute approximate surface area is 323 Å². The molecule has 0 spiro atoms. The number of benzene rings is 8. The fourth-order valence-corrected chi connectivity index (χ4v) is 8.44. The highest BCUT2D eigenvalue weighted by molar-refractivity contribution is 7.25. The first-order valence-corrected chi connectivity index (χ1v) is 19.2. The highest BCUT2D eigenvalue weighted by atomic mass is 32.1. The van der Waals surface area contributed by atoms with Crippen LogP contribution in [0.2, 0.25) is 0 Å². The number of nitrogens with zero attached hydrogens (tertiary/aromatic N) is 3. The van der Waals surface area contributed by atoms with Crippen molar-refractivity contribution in [1.82, 2.24) is 15.0 Å². The van der Waals surface area contributed by atoms with Crippen LogP contribution < -0.4 is 0 Å². The van der Waals surface area contributed by atoms with E-state index in [0.29, 0.717) is 17.5 Å². The first-order valence-electron chi connectivity index (χ1n) is 18.4. The fourth-order valence-electron chi connectivity index (χ4n) is 7.30. The number of thiophene rings is 1. The maximum absolute atomic E-state index is 5.17. The quantitative estimate of drug-likeness (QED) is 0.165. The van der Waals surface area contributed by atoms with Gasteiger partial charge in [0.25, 0.3) is 0 Å². The van der Waals surface area contributed by atoms with Gasteiger partial charge >= 0.3 is 0 Å². The molecule has 0 radical (unpaired) electrons. The Kier molecular flexibility index (Phi) is 8.36. The Morgan fingerprint density at radius 2 is 0.618 bits per heavy atom. The molecule has 0 aliphatic rings. The minimum atomic E-state index is 0.632. The summed E-state index contributed by atoms with van der Waals surface area (Å²) in [6.07, 6.45) is 0. The molecule has 0 fully saturated rings. The second kappa shape index (κ2) is 14.1. The number of rotatable bonds is 7. The van der Waals surface area contributed by atoms with Crippen molar-refractivity contribution in [2.24, 2.45) is 0 Å². The summed E-state index contributed by atoms with van der Waals surface area (Å²) in [5.74, 6) is 1.92. The van der Waals surface area contributed by atoms with Gasteiger partial charge in [-0.25, -0.2) is 15.0 Å². The van der Waals surface area contributed by atoms with Gasteiger partial charge in [-0.15, -0.1) is 11.3 Å². The second-order valence-electron chi connectivity index (χ2n) is 13.7. The standard InChI is InChI=1S/C51H33N3S/c1-4-13-34(14-5-1)37-23-25-38(26-24-37)49-52-50(54-51(53-49)41-27-28-46-45-21-10-11-22-47(45)55-48(46)33-41)40-20-12-19-39(29-40)44-31-42(35-15-6-2-7-16-35)30-43(32-44)36-17-8-3-9-18-36/h1-33H. The van der Waals surface area contributed by atoms with Crippen molar-refractivity contribution >= 4 is 31.5 Å². The summed E-state index contributed by atoms with van der Waals surface area (Å²) < 4.78 is 2.48. The SMILES string of the molecule is c1ccc(-c2ccc(-c3nc(-c4cccc(-c5cc(-c6ccccc6)cc(-c6ccccc6)c5)c4)nc(-c4ccc5c(c4)sc4ccccc45)n3)cc2)cc1. The lowest BCUT2D eigenvalue weighted by Crippen LogP contribution is -2.00. The average Bonchev–Trinajstić information content (AvgIpc) is 3.65. The predicted molar refractivity (Wildman–Crippen MR) is 231 cm³/mol. The summed E-state index contributed by atoms with van der Waals surface area (Å²) in [5, 5.41) is 2.52. The van der Waals surface area contributed by atoms with Crippen molar-refractivity contribution in [1.29, 1.82) is 0 Å². The third-order valence-electron chi connectivity index (χ3n) is 10.1. The van der Waals surface area contributed by atoms with Gasteiger partial charge in [0, 0.05) is 36.9 Å². The highest BCUT2D eigenvalue weighted by Gasteiger charge is 2.16. The lowest BCUT2D eigenvalue weighted by molar-refractivity contribution is 1.07. The molecular weight excluding hydrogens is 687 g/mol. The molecule has 0 N–H and O–H groups in total. The monoisotopic (exact) mass is 719 g/mol. The van der Waals surface area contributed by atoms with E-state index in [1.807, 2.05) is 6.07 Å². The number of aromatic nitrogens is 3. The van der Waals surface area contributed by atoms with Crippen LogP contribution in [0.15, 0.2) is 200 Å². The molecule has 3 nitrogen and oxygen atoms in total. The largest absolute Gasteiger partial charge is 0.208 e. The van der Waals surface area contributed by atoms with Crippen LogP contribution in [-0.2, 0) is 0 Å². The van der Waals surface area contributed by atoms with Gasteiger partial charge in [0.05, 0.1) is 0 Å². The van der Waals surface area contributed by atoms with Crippen LogP contribution in [0.1, 0.15) is 0 Å². The van der Waals surface area contributed by atoms with Crippen molar-refractivity contribution < 1.29 is 0 Å². The number of fused-ring (bicyclic) bond motifs is 3. The molecule has 258 valence electrons. The van der Waals surface area contributed by atoms with E-state index in [9.17, 15) is 0 Å². The van der Waals surface area contributed by atoms with E-state index in [1.54, 1.807) is 11.3 Å². The molecule has 10 rings (SSSR count). The van der Waals surface area contributed by atoms with E-state index in [1.165, 1.54) is 48.0 Å². The van der Waals surface area contributed by atoms with E-state index < -0.39 is 0 Å². The summed E-state index contributed by atoms with van der Waals surface area (Å²) in [7, 11) is 0. The van der Waals surface area contributed by atoms with Gasteiger partial charge in [0.2, 0.25) is 0 Å². The normalized spacial score (nSPS) is 11.3. The molecule has 0 saturated carbocycles. The van der Waals surface area contributed by atoms with Crippen LogP contribution in [0.5, 0.6) is 0 Å². The van der Waals surface area contributed by atoms with E-state index in [2.05, 4.69) is 194 Å². The Morgan fingerprint density at radius 3 is 1.24 bits per heavy atom. The lowest BCUT2D eigenvalue weighted by Gasteiger charge is -2.13. The van der Waals surface area contributed by atoms with Crippen LogP contribution in [0.25, 0.3) is 98.8 Å². The summed E-state index contributed by atoms with van der Waals surface area (Å²) in [4.78, 5) is 15.4. The van der Waals surface area contributed by atoms with Gasteiger partial charge in [0.1, 0.15) is 0 Å². The van der Waals surface area contributed by atoms with Gasteiger partial charge in [-0.3, -0.25) is 0 Å². The van der Waals surface area contributed by atoms with Crippen LogP contribution in [0.4, 0.5) is 0 Å². The molecule has 2 heterocycles. The molecule has 0 aliphatic heterocycles. The zero-order valence-electron chi connectivity index (χ0n) is 29.8. The molecule has 0 atom stereocenters. The third kappa shape index (κ3) is 6.50. The van der Waals surface area contributed by atoms with Crippen molar-refractivity contribution in [2.45, 2.75) is 0 Å². The smallest absolute Gasteiger partial charge is 0.164 e. The molecule has 0 saturated heterocycles. The molecule has 0 bridgehead atoms. The lowest BCUT2D eigenvalue weighted by atomic mass is 9.93. The Balaban J connectivity index is 1.11. The van der Waals surface area contributed by atoms with Crippen LogP contribution >= 0.6 is 11.3 Å². The Morgan fingerprint density at radius 1 is 0.236 bits per heavy atom. The van der Waals surface area contributed by atoms with Crippen LogP contribution in [-0.4, -0.2) is 15.0 Å². The van der Waals surface area contributed by atoms with Crippen molar-refractivity contribution in [2.75, 3.05) is 0 Å². The molecular formula is C51H33N3S. The molecule has 0 amide bonds. The average molecular weight is 720 g/mol. The van der Waals surface area contributed by atoms with Gasteiger partial charge in [-0.05, 0) is 80.9 Å². The molecule has 8 aromatic carbocycles. The maximum atomic E-state index is 5.17. The summed E-state index contributed by atoms with van der Waals surface area (Å²) in [5.41, 5.74) is 12.1. The van der Waals surface area contributed by atoms with Crippen molar-refractivity contribution in [3.05, 3.63) is 200 Å². The minimum Gasteiger partial charge on any atom is -0.208 e. The molecule has 55 heavy (non-hydrogen) atoms. The zero-order chi connectivity index (χ0) is 36.6. The topological polar surface area (TPSA) is 38.7 Å². The van der Waals surface area contributed by atoms with E-state index >= 15 is 0 Å². The highest BCUT2D eigenvalue weighted by Crippen LogP contribution is 2.38. The van der Waals surface area contributed by atoms with Crippen molar-refractivity contribution in [3.63, 3.8) is 0 Å². The number of hydrogen-bond acceptors (Lipinski definition) is 4. The van der Waals surface area contributed by atoms with E-state index in [0.717, 1.165) is 33.4 Å². The van der Waals surface area contributed by atoms with Gasteiger partial charge < -0.3 is 0 Å². The van der Waals surface area contributed by atoms with Gasteiger partial charge in [0.15, 0.2) is 17.5 Å². The first-order chi connectivity index (χ1) is 27.2. The zero-order valence-corrected chi connectivity index (χ0v) is 30.6. The number of hydrogen-bond donors (Lipinski definition) is 0. The molecule has 4 heteroatoms. The van der Waals surface area contributed by atoms with Crippen molar-refractivity contribution in [3.8, 4) is 78.7 Å². The Bertz CT molecular complexity index is 2900. The van der Waals surface area contributed by atoms with E-state index in [-0.39, 0.29) is 0 Å².